The molecule has 0 unspecified atom stereocenters. The van der Waals surface area contributed by atoms with Crippen molar-refractivity contribution in [3.63, 3.8) is 0 Å². The summed E-state index contributed by atoms with van der Waals surface area (Å²) in [5.41, 5.74) is 1.88. The van der Waals surface area contributed by atoms with Crippen LogP contribution >= 0.6 is 0 Å². The van der Waals surface area contributed by atoms with Crippen molar-refractivity contribution in [3.8, 4) is 11.5 Å². The summed E-state index contributed by atoms with van der Waals surface area (Å²) in [6.07, 6.45) is 5.18. The largest absolute Gasteiger partial charge is 0.493 e. The fourth-order valence-electron chi connectivity index (χ4n) is 4.86. The number of rotatable bonds is 8. The van der Waals surface area contributed by atoms with Crippen LogP contribution in [0.1, 0.15) is 49.3 Å². The summed E-state index contributed by atoms with van der Waals surface area (Å²) in [4.78, 5) is 5.72. The number of hydrogen-bond acceptors (Lipinski definition) is 6. The third kappa shape index (κ3) is 5.19. The zero-order valence-electron chi connectivity index (χ0n) is 19.6. The van der Waals surface area contributed by atoms with Crippen LogP contribution in [0, 0.1) is 0 Å². The first-order valence-corrected chi connectivity index (χ1v) is 13.1. The van der Waals surface area contributed by atoms with Crippen LogP contribution in [-0.4, -0.2) is 56.9 Å². The molecule has 0 N–H and O–H groups in total. The van der Waals surface area contributed by atoms with Gasteiger partial charge in [0.05, 0.1) is 19.8 Å². The molecule has 0 radical (unpaired) electrons. The lowest BCUT2D eigenvalue weighted by Crippen LogP contribution is -2.45. The number of sulfonamides is 1. The van der Waals surface area contributed by atoms with E-state index in [2.05, 4.69) is 0 Å². The molecule has 0 spiro atoms. The van der Waals surface area contributed by atoms with Crippen molar-refractivity contribution in [2.24, 2.45) is 0 Å². The zero-order chi connectivity index (χ0) is 23.4. The van der Waals surface area contributed by atoms with Gasteiger partial charge in [-0.1, -0.05) is 55.7 Å². The second-order valence-electron chi connectivity index (χ2n) is 8.86. The highest BCUT2D eigenvalue weighted by Crippen LogP contribution is 2.39. The molecule has 7 nitrogen and oxygen atoms in total. The van der Waals surface area contributed by atoms with Crippen molar-refractivity contribution in [3.05, 3.63) is 59.7 Å². The van der Waals surface area contributed by atoms with E-state index in [4.69, 9.17) is 14.3 Å². The summed E-state index contributed by atoms with van der Waals surface area (Å²) >= 11 is 0. The molecule has 180 valence electrons. The quantitative estimate of drug-likeness (QED) is 0.572. The lowest BCUT2D eigenvalue weighted by molar-refractivity contribution is -0.110. The maximum Gasteiger partial charge on any atom is 0.221 e. The summed E-state index contributed by atoms with van der Waals surface area (Å²) in [6, 6.07) is 15.2. The van der Waals surface area contributed by atoms with Gasteiger partial charge in [0.25, 0.3) is 0 Å². The predicted octanol–water partition coefficient (Wildman–Crippen LogP) is 4.16. The van der Waals surface area contributed by atoms with Gasteiger partial charge in [0.2, 0.25) is 10.0 Å². The minimum atomic E-state index is -3.55. The Bertz CT molecular complexity index is 1020. The van der Waals surface area contributed by atoms with E-state index < -0.39 is 21.3 Å². The van der Waals surface area contributed by atoms with E-state index in [1.54, 1.807) is 30.6 Å². The zero-order valence-corrected chi connectivity index (χ0v) is 20.5. The van der Waals surface area contributed by atoms with E-state index in [0.29, 0.717) is 18.1 Å². The Balaban J connectivity index is 1.55. The maximum absolute atomic E-state index is 13.6. The second-order valence-corrected chi connectivity index (χ2v) is 11.1. The van der Waals surface area contributed by atoms with E-state index >= 15 is 0 Å². The van der Waals surface area contributed by atoms with Crippen LogP contribution in [0.2, 0.25) is 0 Å². The molecule has 0 bridgehead atoms. The second kappa shape index (κ2) is 10.4. The Labute approximate surface area is 197 Å². The van der Waals surface area contributed by atoms with E-state index in [-0.39, 0.29) is 12.6 Å². The Hall–Kier alpha value is -2.13. The molecular formula is C25H34N2O5S. The van der Waals surface area contributed by atoms with Crippen molar-refractivity contribution in [2.75, 3.05) is 27.8 Å². The summed E-state index contributed by atoms with van der Waals surface area (Å²) < 4.78 is 40.4. The van der Waals surface area contributed by atoms with Gasteiger partial charge in [-0.05, 0) is 36.1 Å². The van der Waals surface area contributed by atoms with Crippen LogP contribution in [0.15, 0.2) is 48.5 Å². The number of hydroxylamine groups is 2. The van der Waals surface area contributed by atoms with Gasteiger partial charge < -0.3 is 9.47 Å². The average Bonchev–Trinajstić information content (AvgIpc) is 3.25. The van der Waals surface area contributed by atoms with Gasteiger partial charge in [-0.15, -0.1) is 0 Å². The standard InChI is InChI=1S/C25H34N2O5S/c1-26-25(24(18-32-26)33(28,29)27(2)21-12-8-5-9-13-21)20-14-15-22(23(16-20)30-3)31-17-19-10-6-4-7-11-19/h4,6-7,10-11,14-16,21,24-25H,5,8-9,12-13,17-18H2,1-3H3/t24-,25+/m1/s1. The van der Waals surface area contributed by atoms with Crippen molar-refractivity contribution in [1.82, 2.24) is 9.37 Å². The molecule has 8 heteroatoms. The third-order valence-electron chi connectivity index (χ3n) is 6.83. The van der Waals surface area contributed by atoms with Crippen molar-refractivity contribution >= 4 is 10.0 Å². The van der Waals surface area contributed by atoms with Gasteiger partial charge in [0.15, 0.2) is 11.5 Å². The van der Waals surface area contributed by atoms with E-state index in [1.807, 2.05) is 48.5 Å². The van der Waals surface area contributed by atoms with Crippen molar-refractivity contribution in [2.45, 2.75) is 56.0 Å². The van der Waals surface area contributed by atoms with E-state index in [1.165, 1.54) is 6.42 Å². The summed E-state index contributed by atoms with van der Waals surface area (Å²) in [6.45, 7) is 0.557. The molecule has 0 amide bonds. The minimum absolute atomic E-state index is 0.0682. The third-order valence-corrected chi connectivity index (χ3v) is 9.09. The monoisotopic (exact) mass is 474 g/mol. The highest BCUT2D eigenvalue weighted by atomic mass is 32.2. The average molecular weight is 475 g/mol. The number of ether oxygens (including phenoxy) is 2. The first-order valence-electron chi connectivity index (χ1n) is 11.6. The molecule has 2 aromatic carbocycles. The lowest BCUT2D eigenvalue weighted by Gasteiger charge is -2.33. The highest BCUT2D eigenvalue weighted by Gasteiger charge is 2.46. The minimum Gasteiger partial charge on any atom is -0.493 e. The lowest BCUT2D eigenvalue weighted by atomic mass is 9.96. The van der Waals surface area contributed by atoms with E-state index in [0.717, 1.165) is 36.8 Å². The Morgan fingerprint density at radius 1 is 1.06 bits per heavy atom. The molecule has 0 aromatic heterocycles. The molecule has 1 aliphatic carbocycles. The van der Waals surface area contributed by atoms with Crippen LogP contribution in [0.3, 0.4) is 0 Å². The summed E-state index contributed by atoms with van der Waals surface area (Å²) in [5, 5.41) is 0.964. The van der Waals surface area contributed by atoms with Gasteiger partial charge >= 0.3 is 0 Å². The molecule has 1 saturated heterocycles. The topological polar surface area (TPSA) is 68.3 Å². The maximum atomic E-state index is 13.6. The van der Waals surface area contributed by atoms with Crippen LogP contribution in [0.25, 0.3) is 0 Å². The molecule has 2 atom stereocenters. The molecule has 2 aromatic rings. The Morgan fingerprint density at radius 2 is 1.79 bits per heavy atom. The number of nitrogens with zero attached hydrogens (tertiary/aromatic N) is 2. The van der Waals surface area contributed by atoms with Crippen molar-refractivity contribution in [1.29, 1.82) is 0 Å². The van der Waals surface area contributed by atoms with E-state index in [9.17, 15) is 8.42 Å². The molecule has 1 aliphatic heterocycles. The SMILES string of the molecule is COc1cc([C@H]2[C@H](S(=O)(=O)N(C)C3CCCCC3)CON2C)ccc1OCc1ccccc1. The molecule has 1 saturated carbocycles. The first-order chi connectivity index (χ1) is 15.9. The van der Waals surface area contributed by atoms with Gasteiger partial charge in [0, 0.05) is 20.1 Å². The van der Waals surface area contributed by atoms with Crippen LogP contribution in [0.4, 0.5) is 0 Å². The summed E-state index contributed by atoms with van der Waals surface area (Å²) in [7, 11) is 1.55. The number of hydrogen-bond donors (Lipinski definition) is 0. The number of benzene rings is 2. The molecule has 2 fully saturated rings. The predicted molar refractivity (Wildman–Crippen MR) is 128 cm³/mol. The molecule has 2 aliphatic rings. The van der Waals surface area contributed by atoms with Gasteiger partial charge in [-0.25, -0.2) is 12.7 Å². The molecular weight excluding hydrogens is 440 g/mol. The highest BCUT2D eigenvalue weighted by molar-refractivity contribution is 7.89. The van der Waals surface area contributed by atoms with Crippen LogP contribution < -0.4 is 9.47 Å². The smallest absolute Gasteiger partial charge is 0.221 e. The molecule has 33 heavy (non-hydrogen) atoms. The normalized spacial score (nSPS) is 22.5. The molecule has 1 heterocycles. The summed E-state index contributed by atoms with van der Waals surface area (Å²) in [5.74, 6) is 1.19. The van der Waals surface area contributed by atoms with Crippen molar-refractivity contribution < 1.29 is 22.7 Å². The van der Waals surface area contributed by atoms with Gasteiger partial charge in [-0.2, -0.15) is 5.06 Å². The fraction of sp³-hybridized carbons (Fsp3) is 0.520. The Morgan fingerprint density at radius 3 is 2.48 bits per heavy atom. The van der Waals surface area contributed by atoms with Gasteiger partial charge in [-0.3, -0.25) is 4.84 Å². The first kappa shape index (κ1) is 24.0. The molecule has 4 rings (SSSR count). The Kier molecular flexibility index (Phi) is 7.58. The number of methoxy groups -OCH3 is 1. The fourth-order valence-corrected chi connectivity index (χ4v) is 6.80. The van der Waals surface area contributed by atoms with Crippen LogP contribution in [0.5, 0.6) is 11.5 Å². The van der Waals surface area contributed by atoms with Gasteiger partial charge in [0.1, 0.15) is 11.9 Å². The van der Waals surface area contributed by atoms with Crippen LogP contribution in [-0.2, 0) is 21.5 Å².